The molecule has 0 aliphatic rings. The number of nitrogens with zero attached hydrogens (tertiary/aromatic N) is 2. The number of amides is 1. The molecule has 1 aromatic carbocycles. The number of benzene rings is 1. The average molecular weight is 615 g/mol. The van der Waals surface area contributed by atoms with Crippen molar-refractivity contribution in [3.05, 3.63) is 41.5 Å². The molecule has 1 radical (unpaired) electrons. The van der Waals surface area contributed by atoms with Crippen LogP contribution in [-0.4, -0.2) is 56.8 Å². The van der Waals surface area contributed by atoms with Gasteiger partial charge in [0.25, 0.3) is 0 Å². The first kappa shape index (κ1) is 31.7. The summed E-state index contributed by atoms with van der Waals surface area (Å²) in [6.45, 7) is 18.7. The van der Waals surface area contributed by atoms with Gasteiger partial charge in [0.2, 0.25) is 0 Å². The molecule has 1 heterocycles. The van der Waals surface area contributed by atoms with Gasteiger partial charge in [0, 0.05) is 40.8 Å². The zero-order valence-electron chi connectivity index (χ0n) is 23.6. The van der Waals surface area contributed by atoms with E-state index in [-0.39, 0.29) is 16.5 Å². The van der Waals surface area contributed by atoms with E-state index < -0.39 is 35.2 Å². The van der Waals surface area contributed by atoms with Crippen LogP contribution in [0.1, 0.15) is 61.3 Å². The number of unbranched alkanes of at least 4 members (excludes halogenated alkanes) is 1. The highest BCUT2D eigenvalue weighted by atomic mass is 79.9. The number of rotatable bonds is 10. The lowest BCUT2D eigenvalue weighted by Gasteiger charge is -2.36. The zero-order chi connectivity index (χ0) is 28.2. The van der Waals surface area contributed by atoms with Crippen molar-refractivity contribution in [1.29, 1.82) is 0 Å². The van der Waals surface area contributed by atoms with Gasteiger partial charge in [-0.25, -0.2) is 13.2 Å². The predicted octanol–water partition coefficient (Wildman–Crippen LogP) is 7.36. The van der Waals surface area contributed by atoms with E-state index >= 15 is 0 Å². The molecule has 37 heavy (non-hydrogen) atoms. The third-order valence-corrected chi connectivity index (χ3v) is 13.9. The van der Waals surface area contributed by atoms with Gasteiger partial charge in [-0.05, 0) is 80.2 Å². The van der Waals surface area contributed by atoms with E-state index in [1.807, 2.05) is 6.07 Å². The first-order chi connectivity index (χ1) is 16.9. The molecule has 0 spiro atoms. The van der Waals surface area contributed by atoms with Gasteiger partial charge >= 0.3 is 6.09 Å². The van der Waals surface area contributed by atoms with Gasteiger partial charge in [-0.1, -0.05) is 39.8 Å². The van der Waals surface area contributed by atoms with Gasteiger partial charge in [0.1, 0.15) is 11.0 Å². The van der Waals surface area contributed by atoms with Gasteiger partial charge in [-0.3, -0.25) is 9.88 Å². The first-order valence-electron chi connectivity index (χ1n) is 12.6. The lowest BCUT2D eigenvalue weighted by atomic mass is 10.2. The van der Waals surface area contributed by atoms with Gasteiger partial charge < -0.3 is 9.16 Å². The van der Waals surface area contributed by atoms with Crippen molar-refractivity contribution in [2.24, 2.45) is 0 Å². The molecule has 7 nitrogen and oxygen atoms in total. The largest absolute Gasteiger partial charge is 0.444 e. The number of hydrogen-bond donors (Lipinski definition) is 0. The molecular formula is C27H42BrN2O5SSi. The van der Waals surface area contributed by atoms with Crippen LogP contribution in [0.15, 0.2) is 40.0 Å². The summed E-state index contributed by atoms with van der Waals surface area (Å²) in [5.74, 6) is 0. The van der Waals surface area contributed by atoms with Crippen LogP contribution in [0.2, 0.25) is 18.1 Å². The van der Waals surface area contributed by atoms with Gasteiger partial charge in [-0.15, -0.1) is 0 Å². The minimum Gasteiger partial charge on any atom is -0.444 e. The van der Waals surface area contributed by atoms with Crippen molar-refractivity contribution in [3.63, 3.8) is 0 Å². The molecule has 2 rings (SSSR count). The number of fused-ring (bicyclic) bond motifs is 1. The number of hydrogen-bond acceptors (Lipinski definition) is 6. The number of pyridine rings is 1. The van der Waals surface area contributed by atoms with Gasteiger partial charge in [0.05, 0.1) is 4.90 Å². The minimum atomic E-state index is -4.00. The van der Waals surface area contributed by atoms with Crippen molar-refractivity contribution in [1.82, 2.24) is 9.88 Å². The summed E-state index contributed by atoms with van der Waals surface area (Å²) in [5, 5.41) is 0.135. The van der Waals surface area contributed by atoms with Gasteiger partial charge in [-0.2, -0.15) is 0 Å². The SMILES string of the molecule is C[CH][C@@H](N(CCCCO[Si](C)(C)C(C)(C)C)C(=O)OC(C)(C)C)S(=O)(=O)c1cccc2cncc(Br)c12. The molecule has 1 aromatic heterocycles. The number of sulfone groups is 1. The minimum absolute atomic E-state index is 0.105. The van der Waals surface area contributed by atoms with Crippen LogP contribution < -0.4 is 0 Å². The van der Waals surface area contributed by atoms with Gasteiger partial charge in [0.15, 0.2) is 18.2 Å². The Morgan fingerprint density at radius 2 is 1.78 bits per heavy atom. The Kier molecular flexibility index (Phi) is 10.4. The quantitative estimate of drug-likeness (QED) is 0.205. The standard InChI is InChI=1S/C27H42BrN2O5SSi/c1-10-23(36(32,33)22-15-13-14-20-18-29-19-21(28)24(20)22)30(25(31)35-26(2,3)4)16-11-12-17-34-37(8,9)27(5,6)7/h10,13-15,18-19,23H,11-12,16-17H2,1-9H3/t23-/m0/s1. The number of halogens is 1. The summed E-state index contributed by atoms with van der Waals surface area (Å²) in [7, 11) is -5.88. The number of ether oxygens (including phenoxy) is 1. The van der Waals surface area contributed by atoms with E-state index in [0.717, 1.165) is 0 Å². The average Bonchev–Trinajstić information content (AvgIpc) is 2.75. The fourth-order valence-electron chi connectivity index (χ4n) is 3.62. The number of carbonyl (C=O) groups excluding carboxylic acids is 1. The lowest BCUT2D eigenvalue weighted by Crippen LogP contribution is -2.47. The molecule has 1 atom stereocenters. The predicted molar refractivity (Wildman–Crippen MR) is 156 cm³/mol. The van der Waals surface area contributed by atoms with Crippen molar-refractivity contribution in [2.45, 2.75) is 95.3 Å². The Labute approximate surface area is 232 Å². The van der Waals surface area contributed by atoms with Crippen LogP contribution in [-0.2, 0) is 19.0 Å². The summed E-state index contributed by atoms with van der Waals surface area (Å²) in [4.78, 5) is 18.9. The molecular weight excluding hydrogens is 572 g/mol. The van der Waals surface area contributed by atoms with Crippen LogP contribution in [0.3, 0.4) is 0 Å². The Morgan fingerprint density at radius 3 is 2.35 bits per heavy atom. The highest BCUT2D eigenvalue weighted by molar-refractivity contribution is 9.10. The molecule has 0 N–H and O–H groups in total. The molecule has 0 aliphatic heterocycles. The van der Waals surface area contributed by atoms with Crippen molar-refractivity contribution in [2.75, 3.05) is 13.2 Å². The van der Waals surface area contributed by atoms with E-state index in [1.165, 1.54) is 4.90 Å². The fourth-order valence-corrected chi connectivity index (χ4v) is 7.33. The van der Waals surface area contributed by atoms with Crippen LogP contribution in [0.25, 0.3) is 10.8 Å². The zero-order valence-corrected chi connectivity index (χ0v) is 27.0. The number of carbonyl (C=O) groups is 1. The maximum atomic E-state index is 14.0. The maximum Gasteiger partial charge on any atom is 0.411 e. The van der Waals surface area contributed by atoms with Crippen LogP contribution >= 0.6 is 15.9 Å². The second-order valence-electron chi connectivity index (χ2n) is 11.7. The second-order valence-corrected chi connectivity index (χ2v) is 19.4. The van der Waals surface area contributed by atoms with Crippen LogP contribution in [0.4, 0.5) is 4.79 Å². The molecule has 0 saturated heterocycles. The first-order valence-corrected chi connectivity index (χ1v) is 17.9. The highest BCUT2D eigenvalue weighted by Gasteiger charge is 2.39. The lowest BCUT2D eigenvalue weighted by molar-refractivity contribution is 0.0233. The maximum absolute atomic E-state index is 14.0. The van der Waals surface area contributed by atoms with Crippen molar-refractivity contribution >= 4 is 51.0 Å². The summed E-state index contributed by atoms with van der Waals surface area (Å²) in [6, 6.07) is 5.07. The summed E-state index contributed by atoms with van der Waals surface area (Å²) >= 11 is 3.45. The summed E-state index contributed by atoms with van der Waals surface area (Å²) in [5.41, 5.74) is -0.767. The van der Waals surface area contributed by atoms with E-state index in [9.17, 15) is 13.2 Å². The Hall–Kier alpha value is -1.49. The molecule has 0 saturated carbocycles. The topological polar surface area (TPSA) is 85.8 Å². The summed E-state index contributed by atoms with van der Waals surface area (Å²) in [6.07, 6.45) is 5.35. The number of aromatic nitrogens is 1. The highest BCUT2D eigenvalue weighted by Crippen LogP contribution is 2.37. The van der Waals surface area contributed by atoms with Crippen LogP contribution in [0.5, 0.6) is 0 Å². The Morgan fingerprint density at radius 1 is 1.14 bits per heavy atom. The molecule has 1 amide bonds. The molecule has 0 aliphatic carbocycles. The molecule has 10 heteroatoms. The third-order valence-electron chi connectivity index (χ3n) is 6.61. The molecule has 2 aromatic rings. The third kappa shape index (κ3) is 8.00. The van der Waals surface area contributed by atoms with Crippen LogP contribution in [0, 0.1) is 6.42 Å². The monoisotopic (exact) mass is 613 g/mol. The van der Waals surface area contributed by atoms with E-state index in [2.05, 4.69) is 54.8 Å². The Bertz CT molecular complexity index is 1180. The van der Waals surface area contributed by atoms with E-state index in [1.54, 1.807) is 58.6 Å². The molecule has 0 fully saturated rings. The summed E-state index contributed by atoms with van der Waals surface area (Å²) < 4.78 is 40.5. The van der Waals surface area contributed by atoms with E-state index in [0.29, 0.717) is 34.7 Å². The molecule has 0 bridgehead atoms. The normalized spacial score (nSPS) is 14.0. The van der Waals surface area contributed by atoms with Crippen molar-refractivity contribution in [3.8, 4) is 0 Å². The fraction of sp³-hybridized carbons (Fsp3) is 0.593. The second kappa shape index (κ2) is 12.1. The van der Waals surface area contributed by atoms with E-state index in [4.69, 9.17) is 9.16 Å². The van der Waals surface area contributed by atoms with Crippen molar-refractivity contribution < 1.29 is 22.4 Å². The molecule has 0 unspecified atom stereocenters. The smallest absolute Gasteiger partial charge is 0.411 e. The molecule has 207 valence electrons. The Balaban J connectivity index is 2.35.